The highest BCUT2D eigenvalue weighted by molar-refractivity contribution is 5.01. The molecule has 0 rings (SSSR count). The van der Waals surface area contributed by atoms with Crippen LogP contribution in [0, 0.1) is 11.8 Å². The fourth-order valence-corrected chi connectivity index (χ4v) is 1.55. The van der Waals surface area contributed by atoms with Crippen LogP contribution in [0.25, 0.3) is 0 Å². The van der Waals surface area contributed by atoms with Gasteiger partial charge < -0.3 is 0 Å². The third kappa shape index (κ3) is 10.1. The molecule has 0 saturated heterocycles. The molecule has 0 fully saturated rings. The van der Waals surface area contributed by atoms with E-state index in [2.05, 4.69) is 37.5 Å². The smallest absolute Gasteiger partial charge is 0.0601 e. The van der Waals surface area contributed by atoms with Crippen LogP contribution in [-0.4, -0.2) is 24.5 Å². The summed E-state index contributed by atoms with van der Waals surface area (Å²) in [6.45, 7) is 10.1. The maximum absolute atomic E-state index is 3.31. The number of hydrogen-bond donors (Lipinski definition) is 0. The molecule has 0 spiro atoms. The zero-order valence-corrected chi connectivity index (χ0v) is 11.5. The van der Waals surface area contributed by atoms with Crippen molar-refractivity contribution in [2.75, 3.05) is 19.6 Å². The Morgan fingerprint density at radius 2 is 1.31 bits per heavy atom. The molecule has 94 valence electrons. The molecule has 0 N–H and O–H groups in total. The molecular formula is C15H29N. The Kier molecular flexibility index (Phi) is 12.2. The summed E-state index contributed by atoms with van der Waals surface area (Å²) in [5.74, 6) is 6.59. The Hall–Kier alpha value is -0.480. The number of hydrogen-bond acceptors (Lipinski definition) is 1. The molecule has 0 aliphatic carbocycles. The highest BCUT2D eigenvalue weighted by atomic mass is 15.1. The van der Waals surface area contributed by atoms with Crippen LogP contribution < -0.4 is 0 Å². The first kappa shape index (κ1) is 15.5. The maximum Gasteiger partial charge on any atom is 0.0601 e. The normalized spacial score (nSPS) is 10.2. The number of rotatable bonds is 9. The Balaban J connectivity index is 3.73. The summed E-state index contributed by atoms with van der Waals surface area (Å²) in [7, 11) is 0. The minimum Gasteiger partial charge on any atom is -0.292 e. The van der Waals surface area contributed by atoms with Crippen molar-refractivity contribution in [3.05, 3.63) is 0 Å². The summed E-state index contributed by atoms with van der Waals surface area (Å²) in [4.78, 5) is 2.51. The van der Waals surface area contributed by atoms with Gasteiger partial charge in [0, 0.05) is 6.42 Å². The predicted octanol–water partition coefficient (Wildman–Crippen LogP) is 4.08. The van der Waals surface area contributed by atoms with Gasteiger partial charge in [0.2, 0.25) is 0 Å². The van der Waals surface area contributed by atoms with E-state index in [9.17, 15) is 0 Å². The van der Waals surface area contributed by atoms with Gasteiger partial charge in [0.1, 0.15) is 0 Å². The average Bonchev–Trinajstić information content (AvgIpc) is 2.31. The molecule has 0 aromatic carbocycles. The van der Waals surface area contributed by atoms with Gasteiger partial charge in [-0.05, 0) is 32.4 Å². The molecule has 1 heteroatoms. The number of nitrogens with zero attached hydrogens (tertiary/aromatic N) is 1. The fourth-order valence-electron chi connectivity index (χ4n) is 1.55. The first-order chi connectivity index (χ1) is 7.85. The van der Waals surface area contributed by atoms with Gasteiger partial charge in [0.25, 0.3) is 0 Å². The molecule has 0 aromatic heterocycles. The molecule has 0 aliphatic rings. The summed E-state index contributed by atoms with van der Waals surface area (Å²) >= 11 is 0. The van der Waals surface area contributed by atoms with Crippen molar-refractivity contribution in [3.63, 3.8) is 0 Å². The molecule has 0 radical (unpaired) electrons. The van der Waals surface area contributed by atoms with E-state index in [0.29, 0.717) is 0 Å². The molecule has 0 atom stereocenters. The van der Waals surface area contributed by atoms with Crippen LogP contribution in [0.2, 0.25) is 0 Å². The molecule has 0 aromatic rings. The lowest BCUT2D eigenvalue weighted by molar-refractivity contribution is 0.296. The molecule has 0 unspecified atom stereocenters. The van der Waals surface area contributed by atoms with Crippen molar-refractivity contribution in [3.8, 4) is 11.8 Å². The third-order valence-electron chi connectivity index (χ3n) is 2.74. The lowest BCUT2D eigenvalue weighted by Gasteiger charge is -2.18. The van der Waals surface area contributed by atoms with Gasteiger partial charge in [-0.3, -0.25) is 4.90 Å². The lowest BCUT2D eigenvalue weighted by atomic mass is 10.2. The first-order valence-electron chi connectivity index (χ1n) is 7.03. The van der Waals surface area contributed by atoms with E-state index in [-0.39, 0.29) is 0 Å². The van der Waals surface area contributed by atoms with Crippen LogP contribution in [0.15, 0.2) is 0 Å². The van der Waals surface area contributed by atoms with Crippen molar-refractivity contribution >= 4 is 0 Å². The van der Waals surface area contributed by atoms with Crippen LogP contribution in [0.1, 0.15) is 65.7 Å². The largest absolute Gasteiger partial charge is 0.292 e. The summed E-state index contributed by atoms with van der Waals surface area (Å²) in [5, 5.41) is 0. The van der Waals surface area contributed by atoms with E-state index in [4.69, 9.17) is 0 Å². The fraction of sp³-hybridized carbons (Fsp3) is 0.867. The predicted molar refractivity (Wildman–Crippen MR) is 73.6 cm³/mol. The topological polar surface area (TPSA) is 3.24 Å². The van der Waals surface area contributed by atoms with Crippen LogP contribution in [-0.2, 0) is 0 Å². The van der Waals surface area contributed by atoms with Crippen LogP contribution in [0.3, 0.4) is 0 Å². The van der Waals surface area contributed by atoms with Crippen LogP contribution >= 0.6 is 0 Å². The SMILES string of the molecule is CCCCC#CCN(CCCC)CCCC. The monoisotopic (exact) mass is 223 g/mol. The highest BCUT2D eigenvalue weighted by Crippen LogP contribution is 1.98. The highest BCUT2D eigenvalue weighted by Gasteiger charge is 2.00. The summed E-state index contributed by atoms with van der Waals surface area (Å²) in [6.07, 6.45) is 8.76. The van der Waals surface area contributed by atoms with Crippen molar-refractivity contribution < 1.29 is 0 Å². The number of unbranched alkanes of at least 4 members (excludes halogenated alkanes) is 4. The Morgan fingerprint density at radius 3 is 1.81 bits per heavy atom. The summed E-state index contributed by atoms with van der Waals surface area (Å²) in [5.41, 5.74) is 0. The van der Waals surface area contributed by atoms with E-state index < -0.39 is 0 Å². The quantitative estimate of drug-likeness (QED) is 0.420. The van der Waals surface area contributed by atoms with E-state index in [0.717, 1.165) is 13.0 Å². The molecule has 0 saturated carbocycles. The van der Waals surface area contributed by atoms with Gasteiger partial charge in [-0.25, -0.2) is 0 Å². The lowest BCUT2D eigenvalue weighted by Crippen LogP contribution is -2.26. The second-order valence-electron chi connectivity index (χ2n) is 4.44. The minimum atomic E-state index is 0.976. The molecule has 0 amide bonds. The molecule has 16 heavy (non-hydrogen) atoms. The Labute approximate surface area is 103 Å². The standard InChI is InChI=1S/C15H29N/c1-4-7-10-11-12-15-16(13-8-5-2)14-9-6-3/h4-10,13-15H2,1-3H3. The summed E-state index contributed by atoms with van der Waals surface area (Å²) in [6, 6.07) is 0. The van der Waals surface area contributed by atoms with Gasteiger partial charge in [-0.1, -0.05) is 46.0 Å². The average molecular weight is 223 g/mol. The molecule has 0 aliphatic heterocycles. The van der Waals surface area contributed by atoms with Crippen molar-refractivity contribution in [1.29, 1.82) is 0 Å². The van der Waals surface area contributed by atoms with Crippen molar-refractivity contribution in [2.24, 2.45) is 0 Å². The minimum absolute atomic E-state index is 0.976. The third-order valence-corrected chi connectivity index (χ3v) is 2.74. The van der Waals surface area contributed by atoms with Gasteiger partial charge in [-0.2, -0.15) is 0 Å². The van der Waals surface area contributed by atoms with Gasteiger partial charge in [0.05, 0.1) is 6.54 Å². The Bertz CT molecular complexity index is 179. The van der Waals surface area contributed by atoms with Gasteiger partial charge in [-0.15, -0.1) is 5.92 Å². The van der Waals surface area contributed by atoms with Crippen LogP contribution in [0.4, 0.5) is 0 Å². The first-order valence-corrected chi connectivity index (χ1v) is 7.03. The summed E-state index contributed by atoms with van der Waals surface area (Å²) < 4.78 is 0. The van der Waals surface area contributed by atoms with E-state index in [1.807, 2.05) is 0 Å². The molecule has 0 bridgehead atoms. The second-order valence-corrected chi connectivity index (χ2v) is 4.44. The Morgan fingerprint density at radius 1 is 0.750 bits per heavy atom. The zero-order chi connectivity index (χ0) is 12.1. The van der Waals surface area contributed by atoms with Gasteiger partial charge in [0.15, 0.2) is 0 Å². The van der Waals surface area contributed by atoms with E-state index in [1.165, 1.54) is 51.6 Å². The second kappa shape index (κ2) is 12.6. The maximum atomic E-state index is 3.31. The molecule has 0 heterocycles. The van der Waals surface area contributed by atoms with Crippen LogP contribution in [0.5, 0.6) is 0 Å². The molecular weight excluding hydrogens is 194 g/mol. The zero-order valence-electron chi connectivity index (χ0n) is 11.5. The van der Waals surface area contributed by atoms with E-state index >= 15 is 0 Å². The van der Waals surface area contributed by atoms with Gasteiger partial charge >= 0.3 is 0 Å². The van der Waals surface area contributed by atoms with Crippen molar-refractivity contribution in [2.45, 2.75) is 65.7 Å². The van der Waals surface area contributed by atoms with Crippen molar-refractivity contribution in [1.82, 2.24) is 4.90 Å². The molecule has 1 nitrogen and oxygen atoms in total. The van der Waals surface area contributed by atoms with E-state index in [1.54, 1.807) is 0 Å².